The Morgan fingerprint density at radius 2 is 1.77 bits per heavy atom. The molecule has 0 amide bonds. The first-order valence-electron chi connectivity index (χ1n) is 7.49. The molecule has 0 fully saturated rings. The molecule has 26 heavy (non-hydrogen) atoms. The second kappa shape index (κ2) is 7.78. The zero-order valence-corrected chi connectivity index (χ0v) is 16.6. The fourth-order valence-corrected chi connectivity index (χ4v) is 3.32. The van der Waals surface area contributed by atoms with Gasteiger partial charge in [-0.2, -0.15) is 4.98 Å². The molecule has 0 aliphatic rings. The Balaban J connectivity index is 1.98. The number of nitrogens with zero attached hydrogens (tertiary/aromatic N) is 2. The van der Waals surface area contributed by atoms with E-state index in [0.717, 1.165) is 5.56 Å². The molecule has 2 aromatic carbocycles. The van der Waals surface area contributed by atoms with Crippen LogP contribution in [0.25, 0.3) is 5.69 Å². The van der Waals surface area contributed by atoms with Gasteiger partial charge in [0.2, 0.25) is 5.88 Å². The number of aryl methyl sites for hydroxylation is 1. The summed E-state index contributed by atoms with van der Waals surface area (Å²) >= 11 is 15.6. The van der Waals surface area contributed by atoms with E-state index in [4.69, 9.17) is 27.9 Å². The first kappa shape index (κ1) is 18.9. The number of hydrogen-bond donors (Lipinski definition) is 0. The Morgan fingerprint density at radius 3 is 2.38 bits per heavy atom. The average molecular weight is 458 g/mol. The molecule has 0 bridgehead atoms. The minimum absolute atomic E-state index is 0.135. The highest BCUT2D eigenvalue weighted by Crippen LogP contribution is 2.29. The predicted octanol–water partition coefficient (Wildman–Crippen LogP) is 5.33. The molecule has 0 aliphatic heterocycles. The van der Waals surface area contributed by atoms with E-state index in [1.807, 2.05) is 0 Å². The van der Waals surface area contributed by atoms with Crippen molar-refractivity contribution in [3.63, 3.8) is 0 Å². The third-order valence-electron chi connectivity index (χ3n) is 3.62. The van der Waals surface area contributed by atoms with Gasteiger partial charge in [0.05, 0.1) is 15.7 Å². The lowest BCUT2D eigenvalue weighted by Gasteiger charge is -2.15. The first-order valence-corrected chi connectivity index (χ1v) is 9.04. The van der Waals surface area contributed by atoms with Gasteiger partial charge in [-0.05, 0) is 52.7 Å². The molecular formula is C18H12BrCl2FN2O2. The van der Waals surface area contributed by atoms with Crippen LogP contribution in [-0.4, -0.2) is 9.55 Å². The van der Waals surface area contributed by atoms with Crippen molar-refractivity contribution in [2.45, 2.75) is 13.5 Å². The summed E-state index contributed by atoms with van der Waals surface area (Å²) in [7, 11) is 0. The van der Waals surface area contributed by atoms with Gasteiger partial charge in [0, 0.05) is 0 Å². The number of hydrogen-bond acceptors (Lipinski definition) is 3. The molecule has 0 saturated heterocycles. The summed E-state index contributed by atoms with van der Waals surface area (Å²) in [6.07, 6.45) is 0. The van der Waals surface area contributed by atoms with E-state index in [1.165, 1.54) is 16.7 Å². The van der Waals surface area contributed by atoms with Crippen LogP contribution in [0, 0.1) is 12.7 Å². The van der Waals surface area contributed by atoms with Crippen molar-refractivity contribution in [1.82, 2.24) is 9.55 Å². The van der Waals surface area contributed by atoms with Crippen LogP contribution in [0.4, 0.5) is 4.39 Å². The number of rotatable bonds is 4. The van der Waals surface area contributed by atoms with Gasteiger partial charge in [0.1, 0.15) is 22.7 Å². The minimum atomic E-state index is -0.401. The summed E-state index contributed by atoms with van der Waals surface area (Å²) in [5.74, 6) is 0.168. The predicted molar refractivity (Wildman–Crippen MR) is 103 cm³/mol. The summed E-state index contributed by atoms with van der Waals surface area (Å²) in [5, 5.41) is 0.660. The molecule has 4 nitrogen and oxygen atoms in total. The zero-order chi connectivity index (χ0) is 18.8. The molecule has 3 rings (SSSR count). The second-order valence-corrected chi connectivity index (χ2v) is 7.01. The molecule has 8 heteroatoms. The zero-order valence-electron chi connectivity index (χ0n) is 13.5. The van der Waals surface area contributed by atoms with Crippen molar-refractivity contribution in [2.24, 2.45) is 0 Å². The molecular weight excluding hydrogens is 446 g/mol. The third-order valence-corrected chi connectivity index (χ3v) is 4.90. The van der Waals surface area contributed by atoms with Crippen LogP contribution in [0.5, 0.6) is 5.88 Å². The maximum atomic E-state index is 13.0. The van der Waals surface area contributed by atoms with Crippen molar-refractivity contribution < 1.29 is 9.13 Å². The lowest BCUT2D eigenvalue weighted by Crippen LogP contribution is -2.24. The van der Waals surface area contributed by atoms with E-state index in [1.54, 1.807) is 37.3 Å². The smallest absolute Gasteiger partial charge is 0.276 e. The van der Waals surface area contributed by atoms with E-state index < -0.39 is 5.56 Å². The van der Waals surface area contributed by atoms with Crippen LogP contribution in [0.1, 0.15) is 11.4 Å². The summed E-state index contributed by atoms with van der Waals surface area (Å²) < 4.78 is 20.0. The Hall–Kier alpha value is -1.89. The molecule has 3 aromatic rings. The topological polar surface area (TPSA) is 44.1 Å². The summed E-state index contributed by atoms with van der Waals surface area (Å²) in [6, 6.07) is 10.8. The van der Waals surface area contributed by atoms with Crippen molar-refractivity contribution in [3.8, 4) is 11.6 Å². The van der Waals surface area contributed by atoms with Crippen molar-refractivity contribution in [2.75, 3.05) is 0 Å². The molecule has 0 spiro atoms. The van der Waals surface area contributed by atoms with Gasteiger partial charge >= 0.3 is 0 Å². The normalized spacial score (nSPS) is 10.8. The number of para-hydroxylation sites is 1. The highest BCUT2D eigenvalue weighted by Gasteiger charge is 2.18. The molecule has 0 aliphatic carbocycles. The highest BCUT2D eigenvalue weighted by molar-refractivity contribution is 9.10. The number of benzene rings is 2. The van der Waals surface area contributed by atoms with Gasteiger partial charge in [-0.15, -0.1) is 0 Å². The maximum absolute atomic E-state index is 13.0. The number of aromatic nitrogens is 2. The van der Waals surface area contributed by atoms with E-state index >= 15 is 0 Å². The summed E-state index contributed by atoms with van der Waals surface area (Å²) in [5.41, 5.74) is 0.703. The fraction of sp³-hybridized carbons (Fsp3) is 0.111. The molecule has 0 radical (unpaired) electrons. The molecule has 0 unspecified atom stereocenters. The van der Waals surface area contributed by atoms with Gasteiger partial charge in [-0.25, -0.2) is 4.39 Å². The van der Waals surface area contributed by atoms with Crippen molar-refractivity contribution in [3.05, 3.63) is 84.5 Å². The molecule has 0 saturated carbocycles. The Bertz CT molecular complexity index is 1000. The van der Waals surface area contributed by atoms with Gasteiger partial charge in [0.15, 0.2) is 0 Å². The third kappa shape index (κ3) is 3.77. The van der Waals surface area contributed by atoms with Crippen LogP contribution < -0.4 is 10.3 Å². The molecule has 0 N–H and O–H groups in total. The number of ether oxygens (including phenoxy) is 1. The Morgan fingerprint density at radius 1 is 1.15 bits per heavy atom. The van der Waals surface area contributed by atoms with Crippen LogP contribution >= 0.6 is 39.1 Å². The summed E-state index contributed by atoms with van der Waals surface area (Å²) in [4.78, 5) is 17.1. The van der Waals surface area contributed by atoms with Crippen LogP contribution in [-0.2, 0) is 6.61 Å². The van der Waals surface area contributed by atoms with Gasteiger partial charge < -0.3 is 4.74 Å². The Labute approximate surface area is 167 Å². The van der Waals surface area contributed by atoms with Crippen molar-refractivity contribution in [1.29, 1.82) is 0 Å². The lowest BCUT2D eigenvalue weighted by molar-refractivity contribution is 0.289. The van der Waals surface area contributed by atoms with Gasteiger partial charge in [-0.1, -0.05) is 41.4 Å². The van der Waals surface area contributed by atoms with Crippen LogP contribution in [0.2, 0.25) is 10.0 Å². The van der Waals surface area contributed by atoms with E-state index in [-0.39, 0.29) is 22.8 Å². The van der Waals surface area contributed by atoms with Crippen molar-refractivity contribution >= 4 is 39.1 Å². The van der Waals surface area contributed by atoms with E-state index in [2.05, 4.69) is 20.9 Å². The second-order valence-electron chi connectivity index (χ2n) is 5.40. The highest BCUT2D eigenvalue weighted by atomic mass is 79.9. The number of halogens is 4. The average Bonchev–Trinajstić information content (AvgIpc) is 2.61. The minimum Gasteiger partial charge on any atom is -0.472 e. The fourth-order valence-electron chi connectivity index (χ4n) is 2.38. The Kier molecular flexibility index (Phi) is 5.65. The lowest BCUT2D eigenvalue weighted by atomic mass is 10.2. The van der Waals surface area contributed by atoms with Gasteiger partial charge in [-0.3, -0.25) is 9.36 Å². The van der Waals surface area contributed by atoms with E-state index in [0.29, 0.717) is 21.6 Å². The first-order chi connectivity index (χ1) is 12.4. The van der Waals surface area contributed by atoms with Crippen LogP contribution in [0.3, 0.4) is 0 Å². The standard InChI is InChI=1S/C18H12BrCl2FN2O2/c1-10-23-17(26-9-11-5-7-12(22)8-6-11)15(19)18(25)24(10)16-13(20)3-2-4-14(16)21/h2-8H,9H2,1H3. The van der Waals surface area contributed by atoms with E-state index in [9.17, 15) is 9.18 Å². The largest absolute Gasteiger partial charge is 0.472 e. The molecule has 134 valence electrons. The monoisotopic (exact) mass is 456 g/mol. The van der Waals surface area contributed by atoms with Gasteiger partial charge in [0.25, 0.3) is 5.56 Å². The maximum Gasteiger partial charge on any atom is 0.276 e. The quantitative estimate of drug-likeness (QED) is 0.531. The molecule has 1 aromatic heterocycles. The molecule has 0 atom stereocenters. The summed E-state index contributed by atoms with van der Waals surface area (Å²) in [6.45, 7) is 1.79. The SMILES string of the molecule is Cc1nc(OCc2ccc(F)cc2)c(Br)c(=O)n1-c1c(Cl)cccc1Cl. The molecule has 1 heterocycles. The van der Waals surface area contributed by atoms with Crippen LogP contribution in [0.15, 0.2) is 51.7 Å².